The van der Waals surface area contributed by atoms with Gasteiger partial charge in [0.05, 0.1) is 6.20 Å². The van der Waals surface area contributed by atoms with Gasteiger partial charge >= 0.3 is 0 Å². The van der Waals surface area contributed by atoms with Crippen molar-refractivity contribution in [2.45, 2.75) is 46.5 Å². The lowest BCUT2D eigenvalue weighted by Gasteiger charge is -2.11. The van der Waals surface area contributed by atoms with Crippen LogP contribution in [0, 0.1) is 13.8 Å². The number of fused-ring (bicyclic) bond motifs is 1. The van der Waals surface area contributed by atoms with E-state index in [0.29, 0.717) is 25.2 Å². The van der Waals surface area contributed by atoms with Gasteiger partial charge in [-0.15, -0.1) is 0 Å². The SMILES string of the molecule is CCCNC(=O)CCNC(=O)CCc1c(C)nc2c(C(N)=O)cnn2c1C. The fourth-order valence-corrected chi connectivity index (χ4v) is 2.84. The average molecular weight is 374 g/mol. The molecule has 4 N–H and O–H groups in total. The minimum absolute atomic E-state index is 0.0672. The third-order valence-electron chi connectivity index (χ3n) is 4.32. The molecule has 0 saturated carbocycles. The predicted octanol–water partition coefficient (Wildman–Crippen LogP) is 0.410. The fourth-order valence-electron chi connectivity index (χ4n) is 2.84. The Kier molecular flexibility index (Phi) is 6.86. The lowest BCUT2D eigenvalue weighted by molar-refractivity contribution is -0.122. The Labute approximate surface area is 157 Å². The van der Waals surface area contributed by atoms with E-state index < -0.39 is 5.91 Å². The zero-order valence-electron chi connectivity index (χ0n) is 16.0. The molecule has 0 unspecified atom stereocenters. The summed E-state index contributed by atoms with van der Waals surface area (Å²) in [5, 5.41) is 9.69. The predicted molar refractivity (Wildman–Crippen MR) is 100 cm³/mol. The van der Waals surface area contributed by atoms with Crippen molar-refractivity contribution in [3.63, 3.8) is 0 Å². The molecule has 0 bridgehead atoms. The second kappa shape index (κ2) is 9.11. The number of hydrogen-bond acceptors (Lipinski definition) is 5. The molecule has 2 heterocycles. The molecule has 9 heteroatoms. The van der Waals surface area contributed by atoms with E-state index in [-0.39, 0.29) is 30.2 Å². The van der Waals surface area contributed by atoms with Gasteiger partial charge in [-0.3, -0.25) is 14.4 Å². The van der Waals surface area contributed by atoms with Gasteiger partial charge in [0, 0.05) is 37.3 Å². The Bertz CT molecular complexity index is 858. The maximum Gasteiger partial charge on any atom is 0.254 e. The van der Waals surface area contributed by atoms with Gasteiger partial charge in [0.1, 0.15) is 5.56 Å². The van der Waals surface area contributed by atoms with Crippen LogP contribution < -0.4 is 16.4 Å². The van der Waals surface area contributed by atoms with Crippen molar-refractivity contribution < 1.29 is 14.4 Å². The molecule has 9 nitrogen and oxygen atoms in total. The highest BCUT2D eigenvalue weighted by molar-refractivity contribution is 5.98. The number of carbonyl (C=O) groups excluding carboxylic acids is 3. The second-order valence-corrected chi connectivity index (χ2v) is 6.37. The van der Waals surface area contributed by atoms with Crippen molar-refractivity contribution in [1.82, 2.24) is 25.2 Å². The summed E-state index contributed by atoms with van der Waals surface area (Å²) in [6, 6.07) is 0. The highest BCUT2D eigenvalue weighted by atomic mass is 16.2. The van der Waals surface area contributed by atoms with Crippen LogP contribution >= 0.6 is 0 Å². The van der Waals surface area contributed by atoms with Crippen molar-refractivity contribution in [1.29, 1.82) is 0 Å². The van der Waals surface area contributed by atoms with E-state index in [1.165, 1.54) is 6.20 Å². The Balaban J connectivity index is 1.95. The monoisotopic (exact) mass is 374 g/mol. The van der Waals surface area contributed by atoms with Crippen LogP contribution in [0.4, 0.5) is 0 Å². The minimum Gasteiger partial charge on any atom is -0.365 e. The summed E-state index contributed by atoms with van der Waals surface area (Å²) < 4.78 is 1.57. The molecule has 0 atom stereocenters. The van der Waals surface area contributed by atoms with Crippen LogP contribution in [0.5, 0.6) is 0 Å². The van der Waals surface area contributed by atoms with Gasteiger partial charge in [0.15, 0.2) is 5.65 Å². The van der Waals surface area contributed by atoms with Crippen LogP contribution in [0.3, 0.4) is 0 Å². The summed E-state index contributed by atoms with van der Waals surface area (Å²) in [7, 11) is 0. The van der Waals surface area contributed by atoms with Crippen LogP contribution in [0.15, 0.2) is 6.20 Å². The van der Waals surface area contributed by atoms with Gasteiger partial charge in [-0.05, 0) is 32.3 Å². The van der Waals surface area contributed by atoms with E-state index in [2.05, 4.69) is 20.7 Å². The van der Waals surface area contributed by atoms with Gasteiger partial charge in [0.2, 0.25) is 11.8 Å². The molecule has 0 saturated heterocycles. The Hall–Kier alpha value is -2.97. The Morgan fingerprint density at radius 3 is 2.44 bits per heavy atom. The molecule has 2 aromatic rings. The van der Waals surface area contributed by atoms with E-state index in [1.807, 2.05) is 20.8 Å². The summed E-state index contributed by atoms with van der Waals surface area (Å²) in [5.74, 6) is -0.774. The molecule has 0 radical (unpaired) electrons. The second-order valence-electron chi connectivity index (χ2n) is 6.37. The van der Waals surface area contributed by atoms with Crippen LogP contribution in [0.1, 0.15) is 53.5 Å². The lowest BCUT2D eigenvalue weighted by Crippen LogP contribution is -2.31. The first-order valence-electron chi connectivity index (χ1n) is 9.02. The van der Waals surface area contributed by atoms with Crippen LogP contribution in [0.2, 0.25) is 0 Å². The topological polar surface area (TPSA) is 131 Å². The molecule has 0 aliphatic carbocycles. The van der Waals surface area contributed by atoms with Crippen molar-refractivity contribution in [3.8, 4) is 0 Å². The smallest absolute Gasteiger partial charge is 0.254 e. The number of aryl methyl sites for hydroxylation is 2. The first-order valence-corrected chi connectivity index (χ1v) is 9.02. The number of hydrogen-bond donors (Lipinski definition) is 3. The van der Waals surface area contributed by atoms with E-state index >= 15 is 0 Å². The molecule has 2 rings (SSSR count). The molecule has 27 heavy (non-hydrogen) atoms. The summed E-state index contributed by atoms with van der Waals surface area (Å²) >= 11 is 0. The zero-order valence-corrected chi connectivity index (χ0v) is 16.0. The lowest BCUT2D eigenvalue weighted by atomic mass is 10.1. The van der Waals surface area contributed by atoms with Crippen LogP contribution in [0.25, 0.3) is 5.65 Å². The third-order valence-corrected chi connectivity index (χ3v) is 4.32. The van der Waals surface area contributed by atoms with Gasteiger partial charge in [-0.1, -0.05) is 6.92 Å². The largest absolute Gasteiger partial charge is 0.365 e. The van der Waals surface area contributed by atoms with Crippen LogP contribution in [-0.2, 0) is 16.0 Å². The number of amides is 3. The molecule has 0 fully saturated rings. The number of nitrogens with one attached hydrogen (secondary N) is 2. The summed E-state index contributed by atoms with van der Waals surface area (Å²) in [5.41, 5.74) is 8.48. The number of primary amides is 1. The van der Waals surface area contributed by atoms with Gasteiger partial charge in [-0.2, -0.15) is 5.10 Å². The van der Waals surface area contributed by atoms with E-state index in [1.54, 1.807) is 4.52 Å². The van der Waals surface area contributed by atoms with Crippen LogP contribution in [-0.4, -0.2) is 45.4 Å². The Morgan fingerprint density at radius 2 is 1.78 bits per heavy atom. The maximum absolute atomic E-state index is 12.0. The number of aromatic nitrogens is 3. The number of carbonyl (C=O) groups is 3. The van der Waals surface area contributed by atoms with Crippen molar-refractivity contribution in [2.75, 3.05) is 13.1 Å². The van der Waals surface area contributed by atoms with Crippen molar-refractivity contribution in [2.24, 2.45) is 5.73 Å². The first kappa shape index (κ1) is 20.3. The summed E-state index contributed by atoms with van der Waals surface area (Å²) in [6.45, 7) is 6.63. The third kappa shape index (κ3) is 5.02. The maximum atomic E-state index is 12.0. The molecule has 0 spiro atoms. The molecule has 146 valence electrons. The van der Waals surface area contributed by atoms with Crippen molar-refractivity contribution in [3.05, 3.63) is 28.7 Å². The first-order chi connectivity index (χ1) is 12.8. The number of rotatable bonds is 9. The normalized spacial score (nSPS) is 10.8. The van der Waals surface area contributed by atoms with Gasteiger partial charge < -0.3 is 16.4 Å². The van der Waals surface area contributed by atoms with E-state index in [0.717, 1.165) is 23.4 Å². The van der Waals surface area contributed by atoms with E-state index in [4.69, 9.17) is 5.73 Å². The standard InChI is InChI=1S/C18H26N6O3/c1-4-8-20-16(26)7-9-21-15(25)6-5-13-11(2)23-18-14(17(19)27)10-22-24(18)12(13)3/h10H,4-9H2,1-3H3,(H2,19,27)(H,20,26)(H,21,25). The molecule has 0 aliphatic heterocycles. The average Bonchev–Trinajstić information content (AvgIpc) is 3.03. The minimum atomic E-state index is -0.577. The Morgan fingerprint density at radius 1 is 1.11 bits per heavy atom. The molecular weight excluding hydrogens is 348 g/mol. The highest BCUT2D eigenvalue weighted by Gasteiger charge is 2.17. The molecular formula is C18H26N6O3. The quantitative estimate of drug-likeness (QED) is 0.585. The van der Waals surface area contributed by atoms with E-state index in [9.17, 15) is 14.4 Å². The number of nitrogens with two attached hydrogens (primary N) is 1. The zero-order chi connectivity index (χ0) is 20.0. The summed E-state index contributed by atoms with van der Waals surface area (Å²) in [4.78, 5) is 39.4. The highest BCUT2D eigenvalue weighted by Crippen LogP contribution is 2.18. The molecule has 2 aromatic heterocycles. The van der Waals surface area contributed by atoms with Gasteiger partial charge in [-0.25, -0.2) is 9.50 Å². The molecule has 0 aromatic carbocycles. The molecule has 0 aliphatic rings. The number of nitrogens with zero attached hydrogens (tertiary/aromatic N) is 3. The molecule has 3 amide bonds. The van der Waals surface area contributed by atoms with Crippen molar-refractivity contribution >= 4 is 23.4 Å². The fraction of sp³-hybridized carbons (Fsp3) is 0.500. The summed E-state index contributed by atoms with van der Waals surface area (Å²) in [6.07, 6.45) is 3.31. The van der Waals surface area contributed by atoms with Gasteiger partial charge in [0.25, 0.3) is 5.91 Å².